The van der Waals surface area contributed by atoms with E-state index in [1.807, 2.05) is 18.2 Å². The Kier molecular flexibility index (Phi) is 6.31. The lowest BCUT2D eigenvalue weighted by Gasteiger charge is -2.02. The Morgan fingerprint density at radius 1 is 1.26 bits per heavy atom. The van der Waals surface area contributed by atoms with Crippen LogP contribution in [0.1, 0.15) is 5.56 Å². The standard InChI is InChI=1S/C16H15N3O3S/c20-15(17-11-12-23-16-3-1-2-10-18-16)9-6-13-4-7-14(8-5-13)19(21)22/h1-10H,11-12H2,(H,17,20)/b9-6+. The van der Waals surface area contributed by atoms with Crippen molar-refractivity contribution >= 4 is 29.4 Å². The van der Waals surface area contributed by atoms with Crippen LogP contribution in [0.25, 0.3) is 6.08 Å². The number of hydrogen-bond acceptors (Lipinski definition) is 5. The van der Waals surface area contributed by atoms with Crippen molar-refractivity contribution in [2.24, 2.45) is 0 Å². The number of carbonyl (C=O) groups is 1. The summed E-state index contributed by atoms with van der Waals surface area (Å²) >= 11 is 1.57. The van der Waals surface area contributed by atoms with Gasteiger partial charge in [0.2, 0.25) is 5.91 Å². The molecule has 0 saturated carbocycles. The van der Waals surface area contributed by atoms with Crippen molar-refractivity contribution in [2.75, 3.05) is 12.3 Å². The summed E-state index contributed by atoms with van der Waals surface area (Å²) in [7, 11) is 0. The molecule has 1 aromatic carbocycles. The first-order valence-electron chi connectivity index (χ1n) is 6.89. The lowest BCUT2D eigenvalue weighted by Crippen LogP contribution is -2.23. The molecular formula is C16H15N3O3S. The van der Waals surface area contributed by atoms with Gasteiger partial charge in [-0.3, -0.25) is 14.9 Å². The first-order chi connectivity index (χ1) is 11.1. The molecule has 1 amide bonds. The van der Waals surface area contributed by atoms with Crippen molar-refractivity contribution in [3.05, 3.63) is 70.4 Å². The van der Waals surface area contributed by atoms with Gasteiger partial charge in [0, 0.05) is 36.7 Å². The van der Waals surface area contributed by atoms with E-state index < -0.39 is 4.92 Å². The molecule has 118 valence electrons. The molecule has 2 rings (SSSR count). The van der Waals surface area contributed by atoms with Gasteiger partial charge in [0.05, 0.1) is 9.95 Å². The summed E-state index contributed by atoms with van der Waals surface area (Å²) in [5.41, 5.74) is 0.756. The van der Waals surface area contributed by atoms with E-state index in [2.05, 4.69) is 10.3 Å². The Balaban J connectivity index is 1.72. The van der Waals surface area contributed by atoms with Gasteiger partial charge in [0.1, 0.15) is 0 Å². The number of amides is 1. The molecule has 7 heteroatoms. The quantitative estimate of drug-likeness (QED) is 0.277. The molecule has 1 heterocycles. The lowest BCUT2D eigenvalue weighted by atomic mass is 10.2. The van der Waals surface area contributed by atoms with Gasteiger partial charge in [0.25, 0.3) is 5.69 Å². The van der Waals surface area contributed by atoms with Gasteiger partial charge < -0.3 is 5.32 Å². The van der Waals surface area contributed by atoms with Crippen LogP contribution in [0.3, 0.4) is 0 Å². The number of thioether (sulfide) groups is 1. The fourth-order valence-electron chi connectivity index (χ4n) is 1.70. The minimum Gasteiger partial charge on any atom is -0.352 e. The van der Waals surface area contributed by atoms with Gasteiger partial charge in [0.15, 0.2) is 0 Å². The van der Waals surface area contributed by atoms with E-state index in [9.17, 15) is 14.9 Å². The molecule has 0 saturated heterocycles. The number of pyridine rings is 1. The van der Waals surface area contributed by atoms with Crippen LogP contribution in [-0.2, 0) is 4.79 Å². The third kappa shape index (κ3) is 5.91. The minimum absolute atomic E-state index is 0.0261. The summed E-state index contributed by atoms with van der Waals surface area (Å²) in [4.78, 5) is 25.9. The molecule has 2 aromatic rings. The summed E-state index contributed by atoms with van der Waals surface area (Å²) in [6, 6.07) is 11.7. The Bertz CT molecular complexity index is 687. The molecule has 0 aliphatic rings. The van der Waals surface area contributed by atoms with Crippen LogP contribution in [0.15, 0.2) is 59.8 Å². The second-order valence-electron chi connectivity index (χ2n) is 4.49. The largest absolute Gasteiger partial charge is 0.352 e. The summed E-state index contributed by atoms with van der Waals surface area (Å²) in [5, 5.41) is 14.2. The summed E-state index contributed by atoms with van der Waals surface area (Å²) < 4.78 is 0. The second-order valence-corrected chi connectivity index (χ2v) is 5.60. The molecule has 1 N–H and O–H groups in total. The minimum atomic E-state index is -0.459. The second kappa shape index (κ2) is 8.70. The number of benzene rings is 1. The van der Waals surface area contributed by atoms with E-state index >= 15 is 0 Å². The van der Waals surface area contributed by atoms with Gasteiger partial charge in [-0.05, 0) is 35.9 Å². The average Bonchev–Trinajstić information content (AvgIpc) is 2.58. The van der Waals surface area contributed by atoms with Gasteiger partial charge in [-0.1, -0.05) is 6.07 Å². The van der Waals surface area contributed by atoms with E-state index in [0.29, 0.717) is 6.54 Å². The van der Waals surface area contributed by atoms with Crippen molar-refractivity contribution in [2.45, 2.75) is 5.03 Å². The number of nitro benzene ring substituents is 1. The normalized spacial score (nSPS) is 10.6. The molecule has 0 bridgehead atoms. The van der Waals surface area contributed by atoms with Crippen LogP contribution >= 0.6 is 11.8 Å². The predicted molar refractivity (Wildman–Crippen MR) is 90.1 cm³/mol. The summed E-state index contributed by atoms with van der Waals surface area (Å²) in [5.74, 6) is 0.527. The number of hydrogen-bond donors (Lipinski definition) is 1. The van der Waals surface area contributed by atoms with Crippen molar-refractivity contribution in [3.63, 3.8) is 0 Å². The predicted octanol–water partition coefficient (Wildman–Crippen LogP) is 2.91. The van der Waals surface area contributed by atoms with Crippen LogP contribution in [0.2, 0.25) is 0 Å². The van der Waals surface area contributed by atoms with Crippen molar-refractivity contribution in [1.82, 2.24) is 10.3 Å². The Morgan fingerprint density at radius 2 is 2.04 bits per heavy atom. The molecule has 0 unspecified atom stereocenters. The highest BCUT2D eigenvalue weighted by Gasteiger charge is 2.02. The Labute approximate surface area is 137 Å². The third-order valence-corrected chi connectivity index (χ3v) is 3.77. The summed E-state index contributed by atoms with van der Waals surface area (Å²) in [6.45, 7) is 0.532. The van der Waals surface area contributed by atoms with Gasteiger partial charge in [-0.15, -0.1) is 11.8 Å². The van der Waals surface area contributed by atoms with E-state index in [4.69, 9.17) is 0 Å². The zero-order valence-electron chi connectivity index (χ0n) is 12.2. The monoisotopic (exact) mass is 329 g/mol. The molecule has 0 spiro atoms. The van der Waals surface area contributed by atoms with E-state index in [-0.39, 0.29) is 11.6 Å². The fraction of sp³-hybridized carbons (Fsp3) is 0.125. The summed E-state index contributed by atoms with van der Waals surface area (Å²) in [6.07, 6.45) is 4.76. The molecule has 0 aliphatic heterocycles. The maximum Gasteiger partial charge on any atom is 0.269 e. The van der Waals surface area contributed by atoms with Crippen LogP contribution in [0, 0.1) is 10.1 Å². The topological polar surface area (TPSA) is 85.1 Å². The number of nitrogens with one attached hydrogen (secondary N) is 1. The van der Waals surface area contributed by atoms with Crippen LogP contribution in [-0.4, -0.2) is 28.1 Å². The van der Waals surface area contributed by atoms with E-state index in [1.165, 1.54) is 18.2 Å². The zero-order chi connectivity index (χ0) is 16.5. The molecule has 0 atom stereocenters. The highest BCUT2D eigenvalue weighted by molar-refractivity contribution is 7.99. The molecule has 1 aromatic heterocycles. The highest BCUT2D eigenvalue weighted by atomic mass is 32.2. The van der Waals surface area contributed by atoms with E-state index in [0.717, 1.165) is 16.3 Å². The van der Waals surface area contributed by atoms with Crippen LogP contribution < -0.4 is 5.32 Å². The maximum atomic E-state index is 11.7. The van der Waals surface area contributed by atoms with Gasteiger partial charge >= 0.3 is 0 Å². The molecule has 0 aliphatic carbocycles. The average molecular weight is 329 g/mol. The maximum absolute atomic E-state index is 11.7. The number of aromatic nitrogens is 1. The van der Waals surface area contributed by atoms with Gasteiger partial charge in [-0.25, -0.2) is 4.98 Å². The zero-order valence-corrected chi connectivity index (χ0v) is 13.0. The number of nitro groups is 1. The number of non-ortho nitro benzene ring substituents is 1. The molecule has 0 radical (unpaired) electrons. The SMILES string of the molecule is O=C(/C=C/c1ccc([N+](=O)[O-])cc1)NCCSc1ccccn1. The molecule has 0 fully saturated rings. The number of nitrogens with zero attached hydrogens (tertiary/aromatic N) is 2. The van der Waals surface area contributed by atoms with E-state index in [1.54, 1.807) is 36.2 Å². The van der Waals surface area contributed by atoms with Crippen molar-refractivity contribution < 1.29 is 9.72 Å². The highest BCUT2D eigenvalue weighted by Crippen LogP contribution is 2.13. The third-order valence-electron chi connectivity index (χ3n) is 2.82. The first kappa shape index (κ1) is 16.7. The van der Waals surface area contributed by atoms with Crippen molar-refractivity contribution in [3.8, 4) is 0 Å². The number of rotatable bonds is 7. The molecule has 6 nitrogen and oxygen atoms in total. The van der Waals surface area contributed by atoms with Crippen molar-refractivity contribution in [1.29, 1.82) is 0 Å². The Hall–Kier alpha value is -2.67. The lowest BCUT2D eigenvalue weighted by molar-refractivity contribution is -0.384. The fourth-order valence-corrected chi connectivity index (χ4v) is 2.42. The van der Waals surface area contributed by atoms with Crippen LogP contribution in [0.5, 0.6) is 0 Å². The number of carbonyl (C=O) groups excluding carboxylic acids is 1. The smallest absolute Gasteiger partial charge is 0.269 e. The molecule has 23 heavy (non-hydrogen) atoms. The first-order valence-corrected chi connectivity index (χ1v) is 7.88. The molecular weight excluding hydrogens is 314 g/mol. The van der Waals surface area contributed by atoms with Gasteiger partial charge in [-0.2, -0.15) is 0 Å². The Morgan fingerprint density at radius 3 is 2.70 bits per heavy atom. The van der Waals surface area contributed by atoms with Crippen LogP contribution in [0.4, 0.5) is 5.69 Å².